The van der Waals surface area contributed by atoms with Crippen LogP contribution in [0.2, 0.25) is 0 Å². The van der Waals surface area contributed by atoms with Crippen molar-refractivity contribution in [1.29, 1.82) is 0 Å². The molecule has 0 rings (SSSR count). The fourth-order valence-electron chi connectivity index (χ4n) is 1.85. The predicted molar refractivity (Wildman–Crippen MR) is 105 cm³/mol. The van der Waals surface area contributed by atoms with Gasteiger partial charge >= 0.3 is 18.2 Å². The highest BCUT2D eigenvalue weighted by molar-refractivity contribution is 5.70. The number of aliphatic hydroxyl groups is 1. The summed E-state index contributed by atoms with van der Waals surface area (Å²) in [5.74, 6) is -0.505. The number of aliphatic hydroxyl groups excluding tert-OH is 1. The van der Waals surface area contributed by atoms with Gasteiger partial charge in [-0.1, -0.05) is 0 Å². The molecule has 10 heteroatoms. The smallest absolute Gasteiger partial charge is 0.407 e. The van der Waals surface area contributed by atoms with Gasteiger partial charge in [-0.05, 0) is 60.8 Å². The van der Waals surface area contributed by atoms with Crippen molar-refractivity contribution in [2.24, 2.45) is 0 Å². The van der Waals surface area contributed by atoms with Crippen molar-refractivity contribution in [3.63, 3.8) is 0 Å². The molecule has 0 radical (unpaired) electrons. The van der Waals surface area contributed by atoms with Crippen LogP contribution >= 0.6 is 0 Å². The van der Waals surface area contributed by atoms with Gasteiger partial charge in [0.05, 0.1) is 0 Å². The van der Waals surface area contributed by atoms with Crippen molar-refractivity contribution >= 4 is 18.2 Å². The molecule has 1 unspecified atom stereocenters. The van der Waals surface area contributed by atoms with Gasteiger partial charge in [-0.2, -0.15) is 0 Å². The molecule has 0 fully saturated rings. The maximum absolute atomic E-state index is 11.6. The van der Waals surface area contributed by atoms with Crippen LogP contribution in [0, 0.1) is 0 Å². The summed E-state index contributed by atoms with van der Waals surface area (Å²) < 4.78 is 20.0. The molecule has 0 spiro atoms. The lowest BCUT2D eigenvalue weighted by atomic mass is 10.2. The molecule has 29 heavy (non-hydrogen) atoms. The zero-order valence-corrected chi connectivity index (χ0v) is 18.3. The van der Waals surface area contributed by atoms with E-state index in [0.29, 0.717) is 19.4 Å². The maximum atomic E-state index is 11.6. The van der Waals surface area contributed by atoms with Gasteiger partial charge in [0.1, 0.15) is 11.2 Å². The monoisotopic (exact) mass is 420 g/mol. The minimum absolute atomic E-state index is 0.0923. The Bertz CT molecular complexity index is 511. The van der Waals surface area contributed by atoms with Crippen LogP contribution in [0.4, 0.5) is 9.59 Å². The van der Waals surface area contributed by atoms with Gasteiger partial charge in [0, 0.05) is 19.5 Å². The molecule has 0 saturated heterocycles. The van der Waals surface area contributed by atoms with Crippen molar-refractivity contribution < 1.29 is 38.4 Å². The standard InChI is InChI=1S/C19H36N2O8/c1-18(2,3)28-16(24)20-11-7-9-14(22)26-13-27-15(23)10-8-12-21-17(25)29-19(4,5)6/h14,22H,7-13H2,1-6H3,(H,20,24)(H,21,25). The summed E-state index contributed by atoms with van der Waals surface area (Å²) in [5, 5.41) is 14.8. The van der Waals surface area contributed by atoms with Crippen LogP contribution < -0.4 is 10.6 Å². The van der Waals surface area contributed by atoms with E-state index in [1.165, 1.54) is 0 Å². The van der Waals surface area contributed by atoms with Crippen molar-refractivity contribution in [2.45, 2.75) is 84.7 Å². The Labute approximate surface area is 172 Å². The third-order valence-corrected chi connectivity index (χ3v) is 3.00. The van der Waals surface area contributed by atoms with Crippen LogP contribution in [0.1, 0.15) is 67.2 Å². The Hall–Kier alpha value is -2.07. The topological polar surface area (TPSA) is 132 Å². The number of esters is 1. The molecule has 0 aliphatic rings. The van der Waals surface area contributed by atoms with Gasteiger partial charge in [0.2, 0.25) is 0 Å². The van der Waals surface area contributed by atoms with E-state index >= 15 is 0 Å². The molecule has 10 nitrogen and oxygen atoms in total. The number of carbonyl (C=O) groups is 3. The second-order valence-corrected chi connectivity index (χ2v) is 8.36. The Kier molecular flexibility index (Phi) is 12.3. The molecule has 0 aromatic heterocycles. The second-order valence-electron chi connectivity index (χ2n) is 8.36. The van der Waals surface area contributed by atoms with Crippen LogP contribution in [0.15, 0.2) is 0 Å². The highest BCUT2D eigenvalue weighted by atomic mass is 16.7. The molecular formula is C19H36N2O8. The quantitative estimate of drug-likeness (QED) is 0.201. The summed E-state index contributed by atoms with van der Waals surface area (Å²) in [6.07, 6.45) is -0.984. The zero-order valence-electron chi connectivity index (χ0n) is 18.3. The van der Waals surface area contributed by atoms with E-state index < -0.39 is 35.6 Å². The molecule has 0 heterocycles. The number of carbonyl (C=O) groups excluding carboxylic acids is 3. The summed E-state index contributed by atoms with van der Waals surface area (Å²) in [6, 6.07) is 0. The third kappa shape index (κ3) is 19.0. The minimum atomic E-state index is -1.11. The molecule has 0 aromatic carbocycles. The Morgan fingerprint density at radius 3 is 1.83 bits per heavy atom. The predicted octanol–water partition coefficient (Wildman–Crippen LogP) is 2.43. The SMILES string of the molecule is CC(C)(C)OC(=O)NCCCC(=O)OCOC(O)CCCNC(=O)OC(C)(C)C. The summed E-state index contributed by atoms with van der Waals surface area (Å²) >= 11 is 0. The van der Waals surface area contributed by atoms with E-state index in [-0.39, 0.29) is 26.2 Å². The first-order valence-corrected chi connectivity index (χ1v) is 9.67. The van der Waals surface area contributed by atoms with E-state index in [4.69, 9.17) is 18.9 Å². The molecule has 2 amide bonds. The number of hydrogen-bond donors (Lipinski definition) is 3. The van der Waals surface area contributed by atoms with Crippen LogP contribution in [0.3, 0.4) is 0 Å². The third-order valence-electron chi connectivity index (χ3n) is 3.00. The molecule has 0 aliphatic heterocycles. The van der Waals surface area contributed by atoms with Crippen LogP contribution in [0.25, 0.3) is 0 Å². The Morgan fingerprint density at radius 2 is 1.34 bits per heavy atom. The lowest BCUT2D eigenvalue weighted by Gasteiger charge is -2.19. The first kappa shape index (κ1) is 26.9. The molecule has 0 aliphatic carbocycles. The summed E-state index contributed by atoms with van der Waals surface area (Å²) in [4.78, 5) is 34.4. The van der Waals surface area contributed by atoms with Gasteiger partial charge < -0.3 is 34.7 Å². The van der Waals surface area contributed by atoms with E-state index in [1.54, 1.807) is 41.5 Å². The van der Waals surface area contributed by atoms with E-state index in [1.807, 2.05) is 0 Å². The largest absolute Gasteiger partial charge is 0.444 e. The molecule has 170 valence electrons. The lowest BCUT2D eigenvalue weighted by molar-refractivity contribution is -0.185. The molecule has 0 aromatic rings. The molecule has 0 bridgehead atoms. The normalized spacial score (nSPS) is 12.7. The van der Waals surface area contributed by atoms with Crippen LogP contribution in [0.5, 0.6) is 0 Å². The fourth-order valence-corrected chi connectivity index (χ4v) is 1.85. The summed E-state index contributed by atoms with van der Waals surface area (Å²) in [6.45, 7) is 10.8. The number of rotatable bonds is 11. The molecule has 0 saturated carbocycles. The number of hydrogen-bond acceptors (Lipinski definition) is 8. The maximum Gasteiger partial charge on any atom is 0.407 e. The molecular weight excluding hydrogens is 384 g/mol. The van der Waals surface area contributed by atoms with Gasteiger partial charge in [-0.3, -0.25) is 4.79 Å². The highest BCUT2D eigenvalue weighted by Gasteiger charge is 2.16. The minimum Gasteiger partial charge on any atom is -0.444 e. The molecule has 1 atom stereocenters. The lowest BCUT2D eigenvalue weighted by Crippen LogP contribution is -2.33. The number of nitrogens with one attached hydrogen (secondary N) is 2. The Morgan fingerprint density at radius 1 is 0.862 bits per heavy atom. The van der Waals surface area contributed by atoms with Gasteiger partial charge in [0.15, 0.2) is 13.1 Å². The summed E-state index contributed by atoms with van der Waals surface area (Å²) in [5.41, 5.74) is -1.14. The van der Waals surface area contributed by atoms with E-state index in [0.717, 1.165) is 0 Å². The fraction of sp³-hybridized carbons (Fsp3) is 0.842. The molecule has 3 N–H and O–H groups in total. The van der Waals surface area contributed by atoms with Crippen molar-refractivity contribution in [3.8, 4) is 0 Å². The van der Waals surface area contributed by atoms with E-state index in [2.05, 4.69) is 10.6 Å². The van der Waals surface area contributed by atoms with E-state index in [9.17, 15) is 19.5 Å². The number of alkyl carbamates (subject to hydrolysis) is 2. The number of amides is 2. The average molecular weight is 421 g/mol. The summed E-state index contributed by atoms with van der Waals surface area (Å²) in [7, 11) is 0. The van der Waals surface area contributed by atoms with Crippen molar-refractivity contribution in [3.05, 3.63) is 0 Å². The van der Waals surface area contributed by atoms with Crippen LogP contribution in [-0.4, -0.2) is 60.6 Å². The van der Waals surface area contributed by atoms with Gasteiger partial charge in [-0.15, -0.1) is 0 Å². The first-order valence-electron chi connectivity index (χ1n) is 9.67. The number of ether oxygens (including phenoxy) is 4. The van der Waals surface area contributed by atoms with Crippen LogP contribution in [-0.2, 0) is 23.7 Å². The van der Waals surface area contributed by atoms with Gasteiger partial charge in [0.25, 0.3) is 0 Å². The highest BCUT2D eigenvalue weighted by Crippen LogP contribution is 2.07. The Balaban J connectivity index is 3.66. The zero-order chi connectivity index (χ0) is 22.5. The van der Waals surface area contributed by atoms with Crippen molar-refractivity contribution in [1.82, 2.24) is 10.6 Å². The first-order chi connectivity index (χ1) is 13.3. The second kappa shape index (κ2) is 13.2. The van der Waals surface area contributed by atoms with Crippen molar-refractivity contribution in [2.75, 3.05) is 19.9 Å². The average Bonchev–Trinajstić information content (AvgIpc) is 2.52. The van der Waals surface area contributed by atoms with Gasteiger partial charge in [-0.25, -0.2) is 9.59 Å².